The molecule has 0 saturated carbocycles. The van der Waals surface area contributed by atoms with Gasteiger partial charge in [0.2, 0.25) is 5.69 Å². The van der Waals surface area contributed by atoms with E-state index in [1.165, 1.54) is 0 Å². The number of nitro benzene ring substituents is 1. The molecule has 0 radical (unpaired) electrons. The second-order valence-corrected chi connectivity index (χ2v) is 3.09. The van der Waals surface area contributed by atoms with Crippen molar-refractivity contribution in [3.8, 4) is 0 Å². The van der Waals surface area contributed by atoms with E-state index >= 15 is 0 Å². The van der Waals surface area contributed by atoms with E-state index in [2.05, 4.69) is 4.85 Å². The van der Waals surface area contributed by atoms with Crippen LogP contribution in [0, 0.1) is 16.7 Å². The first-order valence-corrected chi connectivity index (χ1v) is 4.07. The summed E-state index contributed by atoms with van der Waals surface area (Å²) in [4.78, 5) is 12.0. The van der Waals surface area contributed by atoms with Gasteiger partial charge in [-0.25, -0.2) is 4.85 Å². The number of nitrogens with zero attached hydrogens (tertiary/aromatic N) is 2. The summed E-state index contributed by atoms with van der Waals surface area (Å²) in [6, 6.07) is 0.894. The predicted octanol–water partition coefficient (Wildman–Crippen LogP) is 3.82. The quantitative estimate of drug-likeness (QED) is 0.432. The molecule has 0 aliphatic heterocycles. The lowest BCUT2D eigenvalue weighted by Crippen LogP contribution is -2.08. The largest absolute Gasteiger partial charge is 0.422 e. The van der Waals surface area contributed by atoms with Crippen molar-refractivity contribution < 1.29 is 18.1 Å². The van der Waals surface area contributed by atoms with Crippen molar-refractivity contribution in [2.45, 2.75) is 6.18 Å². The standard InChI is InChI=1S/C8H2ClF3N2O2/c1-13-6-3-7(14(15)16)4(2-5(6)9)8(10,11)12/h2-3H. The van der Waals surface area contributed by atoms with Crippen LogP contribution in [-0.4, -0.2) is 4.92 Å². The van der Waals surface area contributed by atoms with Crippen LogP contribution in [0.4, 0.5) is 24.5 Å². The summed E-state index contributed by atoms with van der Waals surface area (Å²) in [5.41, 5.74) is -3.03. The number of rotatable bonds is 1. The van der Waals surface area contributed by atoms with Gasteiger partial charge in [-0.3, -0.25) is 10.1 Å². The molecule has 8 heteroatoms. The molecule has 84 valence electrons. The zero-order chi connectivity index (χ0) is 12.5. The van der Waals surface area contributed by atoms with Crippen LogP contribution in [0.5, 0.6) is 0 Å². The minimum atomic E-state index is -4.88. The highest BCUT2D eigenvalue weighted by Crippen LogP contribution is 2.41. The highest BCUT2D eigenvalue weighted by atomic mass is 35.5. The molecule has 1 rings (SSSR count). The first-order valence-electron chi connectivity index (χ1n) is 3.70. The van der Waals surface area contributed by atoms with E-state index in [0.29, 0.717) is 12.1 Å². The third-order valence-corrected chi connectivity index (χ3v) is 1.99. The Morgan fingerprint density at radius 3 is 2.38 bits per heavy atom. The average molecular weight is 251 g/mol. The summed E-state index contributed by atoms with van der Waals surface area (Å²) in [5.74, 6) is 0. The number of halogens is 4. The molecule has 0 aliphatic rings. The molecule has 0 unspecified atom stereocenters. The summed E-state index contributed by atoms with van der Waals surface area (Å²) < 4.78 is 37.2. The lowest BCUT2D eigenvalue weighted by molar-refractivity contribution is -0.388. The van der Waals surface area contributed by atoms with E-state index in [1.54, 1.807) is 0 Å². The van der Waals surface area contributed by atoms with Crippen molar-refractivity contribution in [3.63, 3.8) is 0 Å². The van der Waals surface area contributed by atoms with E-state index in [4.69, 9.17) is 18.2 Å². The van der Waals surface area contributed by atoms with Gasteiger partial charge in [0.15, 0.2) is 0 Å². The van der Waals surface area contributed by atoms with Crippen molar-refractivity contribution in [2.75, 3.05) is 0 Å². The van der Waals surface area contributed by atoms with E-state index < -0.39 is 27.4 Å². The van der Waals surface area contributed by atoms with Crippen LogP contribution in [0.2, 0.25) is 5.02 Å². The van der Waals surface area contributed by atoms with Crippen LogP contribution in [0.25, 0.3) is 4.85 Å². The van der Waals surface area contributed by atoms with Gasteiger partial charge in [0.05, 0.1) is 11.5 Å². The van der Waals surface area contributed by atoms with E-state index in [1.807, 2.05) is 0 Å². The second kappa shape index (κ2) is 3.98. The molecule has 0 N–H and O–H groups in total. The number of alkyl halides is 3. The molecule has 0 spiro atoms. The fraction of sp³-hybridized carbons (Fsp3) is 0.125. The van der Waals surface area contributed by atoms with Gasteiger partial charge in [-0.05, 0) is 6.07 Å². The maximum atomic E-state index is 12.4. The SMILES string of the molecule is [C-]#[N+]c1cc([N+](=O)[O-])c(C(F)(F)F)cc1Cl. The molecule has 0 aromatic heterocycles. The average Bonchev–Trinajstić information content (AvgIpc) is 2.15. The molecule has 4 nitrogen and oxygen atoms in total. The Hall–Kier alpha value is -1.81. The Morgan fingerprint density at radius 2 is 2.00 bits per heavy atom. The number of benzene rings is 1. The van der Waals surface area contributed by atoms with Crippen molar-refractivity contribution in [2.24, 2.45) is 0 Å². The summed E-state index contributed by atoms with van der Waals surface area (Å²) in [5, 5.41) is 9.94. The Balaban J connectivity index is 3.57. The molecule has 0 heterocycles. The minimum absolute atomic E-state index is 0.382. The Morgan fingerprint density at radius 1 is 1.44 bits per heavy atom. The van der Waals surface area contributed by atoms with Gasteiger partial charge in [0, 0.05) is 11.1 Å². The fourth-order valence-corrected chi connectivity index (χ4v) is 1.22. The van der Waals surface area contributed by atoms with Crippen LogP contribution in [0.3, 0.4) is 0 Å². The van der Waals surface area contributed by atoms with Gasteiger partial charge in [0.25, 0.3) is 5.69 Å². The fourth-order valence-electron chi connectivity index (χ4n) is 1.01. The first-order chi connectivity index (χ1) is 7.27. The van der Waals surface area contributed by atoms with Crippen molar-refractivity contribution in [3.05, 3.63) is 44.3 Å². The van der Waals surface area contributed by atoms with E-state index in [-0.39, 0.29) is 5.69 Å². The lowest BCUT2D eigenvalue weighted by atomic mass is 10.1. The zero-order valence-electron chi connectivity index (χ0n) is 7.38. The summed E-state index contributed by atoms with van der Waals surface area (Å²) in [7, 11) is 0. The molecule has 1 aromatic carbocycles. The Kier molecular flexibility index (Phi) is 3.05. The Bertz CT molecular complexity index is 493. The molecule has 0 amide bonds. The molecule has 1 aromatic rings. The molecule has 0 bridgehead atoms. The molecule has 0 fully saturated rings. The lowest BCUT2D eigenvalue weighted by Gasteiger charge is -2.08. The summed E-state index contributed by atoms with van der Waals surface area (Å²) in [6.07, 6.45) is -4.88. The molecular formula is C8H2ClF3N2O2. The van der Waals surface area contributed by atoms with Gasteiger partial charge in [-0.15, -0.1) is 0 Å². The third-order valence-electron chi connectivity index (χ3n) is 1.69. The zero-order valence-corrected chi connectivity index (χ0v) is 8.13. The smallest absolute Gasteiger partial charge is 0.258 e. The van der Waals surface area contributed by atoms with Gasteiger partial charge in [0.1, 0.15) is 5.56 Å². The van der Waals surface area contributed by atoms with Crippen molar-refractivity contribution >= 4 is 23.0 Å². The maximum Gasteiger partial charge on any atom is 0.422 e. The molecule has 0 atom stereocenters. The van der Waals surface area contributed by atoms with Crippen LogP contribution in [0.15, 0.2) is 12.1 Å². The Labute approximate surface area is 92.2 Å². The van der Waals surface area contributed by atoms with E-state index in [9.17, 15) is 23.3 Å². The molecule has 0 aliphatic carbocycles. The highest BCUT2D eigenvalue weighted by molar-refractivity contribution is 6.33. The third kappa shape index (κ3) is 2.23. The van der Waals surface area contributed by atoms with Crippen LogP contribution in [-0.2, 0) is 6.18 Å². The predicted molar refractivity (Wildman–Crippen MR) is 49.4 cm³/mol. The number of hydrogen-bond donors (Lipinski definition) is 0. The van der Waals surface area contributed by atoms with Crippen molar-refractivity contribution in [1.29, 1.82) is 0 Å². The van der Waals surface area contributed by atoms with Gasteiger partial charge >= 0.3 is 6.18 Å². The van der Waals surface area contributed by atoms with Crippen LogP contribution in [0.1, 0.15) is 5.56 Å². The first kappa shape index (κ1) is 12.3. The second-order valence-electron chi connectivity index (χ2n) is 2.69. The summed E-state index contributed by atoms with van der Waals surface area (Å²) in [6.45, 7) is 6.59. The monoisotopic (exact) mass is 250 g/mol. The molecule has 0 saturated heterocycles. The van der Waals surface area contributed by atoms with Gasteiger partial charge in [-0.2, -0.15) is 13.2 Å². The van der Waals surface area contributed by atoms with Gasteiger partial charge in [-0.1, -0.05) is 11.6 Å². The minimum Gasteiger partial charge on any atom is -0.258 e. The van der Waals surface area contributed by atoms with Gasteiger partial charge < -0.3 is 0 Å². The highest BCUT2D eigenvalue weighted by Gasteiger charge is 2.38. The molecular weight excluding hydrogens is 249 g/mol. The van der Waals surface area contributed by atoms with E-state index in [0.717, 1.165) is 0 Å². The summed E-state index contributed by atoms with van der Waals surface area (Å²) >= 11 is 5.38. The number of hydrogen-bond acceptors (Lipinski definition) is 2. The maximum absolute atomic E-state index is 12.4. The topological polar surface area (TPSA) is 47.5 Å². The van der Waals surface area contributed by atoms with Crippen molar-refractivity contribution in [1.82, 2.24) is 0 Å². The molecule has 16 heavy (non-hydrogen) atoms. The normalized spacial score (nSPS) is 10.9. The number of nitro groups is 1. The van der Waals surface area contributed by atoms with Crippen LogP contribution < -0.4 is 0 Å². The van der Waals surface area contributed by atoms with Crippen LogP contribution >= 0.6 is 11.6 Å².